The smallest absolute Gasteiger partial charge is 0.326 e. The van der Waals surface area contributed by atoms with Gasteiger partial charge in [0.15, 0.2) is 0 Å². The summed E-state index contributed by atoms with van der Waals surface area (Å²) < 4.78 is 1.64. The molecule has 4 nitrogen and oxygen atoms in total. The summed E-state index contributed by atoms with van der Waals surface area (Å²) in [5.74, 6) is 0.157. The summed E-state index contributed by atoms with van der Waals surface area (Å²) in [7, 11) is 0. The van der Waals surface area contributed by atoms with E-state index in [4.69, 9.17) is 0 Å². The normalized spacial score (nSPS) is 11.0. The van der Waals surface area contributed by atoms with Crippen molar-refractivity contribution < 1.29 is 5.11 Å². The molecular weight excluding hydrogens is 240 g/mol. The van der Waals surface area contributed by atoms with Gasteiger partial charge in [-0.2, -0.15) is 0 Å². The molecule has 0 fully saturated rings. The minimum absolute atomic E-state index is 0.157. The van der Waals surface area contributed by atoms with E-state index in [0.29, 0.717) is 12.1 Å². The van der Waals surface area contributed by atoms with Gasteiger partial charge in [-0.05, 0) is 30.2 Å². The van der Waals surface area contributed by atoms with Gasteiger partial charge in [0, 0.05) is 6.07 Å². The summed E-state index contributed by atoms with van der Waals surface area (Å²) in [6, 6.07) is 12.8. The zero-order valence-corrected chi connectivity index (χ0v) is 10.6. The molecule has 0 atom stereocenters. The maximum Gasteiger partial charge on any atom is 0.326 e. The number of benzene rings is 2. The second-order valence-corrected chi connectivity index (χ2v) is 4.64. The second-order valence-electron chi connectivity index (χ2n) is 4.64. The molecule has 96 valence electrons. The molecule has 19 heavy (non-hydrogen) atoms. The van der Waals surface area contributed by atoms with Gasteiger partial charge in [-0.3, -0.25) is 4.57 Å². The van der Waals surface area contributed by atoms with Crippen molar-refractivity contribution >= 4 is 11.0 Å². The zero-order chi connectivity index (χ0) is 13.4. The Morgan fingerprint density at radius 1 is 1.21 bits per heavy atom. The van der Waals surface area contributed by atoms with Crippen LogP contribution in [0.3, 0.4) is 0 Å². The molecule has 0 radical (unpaired) electrons. The predicted molar refractivity (Wildman–Crippen MR) is 74.5 cm³/mol. The Hall–Kier alpha value is -2.49. The number of nitrogens with one attached hydrogen (secondary N) is 1. The summed E-state index contributed by atoms with van der Waals surface area (Å²) in [6.07, 6.45) is 0. The van der Waals surface area contributed by atoms with Crippen molar-refractivity contribution in [2.75, 3.05) is 0 Å². The summed E-state index contributed by atoms with van der Waals surface area (Å²) in [6.45, 7) is 2.52. The number of aromatic amines is 1. The van der Waals surface area contributed by atoms with Crippen molar-refractivity contribution in [2.24, 2.45) is 0 Å². The molecule has 0 aliphatic heterocycles. The van der Waals surface area contributed by atoms with E-state index in [0.717, 1.165) is 16.6 Å². The number of aromatic hydroxyl groups is 1. The highest BCUT2D eigenvalue weighted by atomic mass is 16.3. The molecule has 1 heterocycles. The van der Waals surface area contributed by atoms with Gasteiger partial charge in [0.1, 0.15) is 5.75 Å². The lowest BCUT2D eigenvalue weighted by molar-refractivity contribution is 0.476. The van der Waals surface area contributed by atoms with E-state index < -0.39 is 0 Å². The third kappa shape index (κ3) is 2.01. The van der Waals surface area contributed by atoms with Gasteiger partial charge in [-0.1, -0.05) is 24.3 Å². The fourth-order valence-corrected chi connectivity index (χ4v) is 2.26. The lowest BCUT2D eigenvalue weighted by Gasteiger charge is -2.07. The van der Waals surface area contributed by atoms with E-state index >= 15 is 0 Å². The fraction of sp³-hybridized carbons (Fsp3) is 0.133. The van der Waals surface area contributed by atoms with Gasteiger partial charge in [0.2, 0.25) is 0 Å². The molecule has 0 aliphatic rings. The topological polar surface area (TPSA) is 58.0 Å². The van der Waals surface area contributed by atoms with Crippen LogP contribution >= 0.6 is 0 Å². The van der Waals surface area contributed by atoms with Crippen LogP contribution in [0.25, 0.3) is 11.0 Å². The van der Waals surface area contributed by atoms with Crippen LogP contribution in [0.5, 0.6) is 5.75 Å². The van der Waals surface area contributed by atoms with Crippen molar-refractivity contribution in [1.82, 2.24) is 9.55 Å². The third-order valence-electron chi connectivity index (χ3n) is 3.35. The lowest BCUT2D eigenvalue weighted by Crippen LogP contribution is -2.17. The molecule has 0 amide bonds. The maximum atomic E-state index is 12.0. The average Bonchev–Trinajstić information content (AvgIpc) is 2.69. The molecule has 0 saturated carbocycles. The predicted octanol–water partition coefficient (Wildman–Crippen LogP) is 2.39. The van der Waals surface area contributed by atoms with Crippen LogP contribution in [0.15, 0.2) is 47.3 Å². The first-order valence-electron chi connectivity index (χ1n) is 6.11. The van der Waals surface area contributed by atoms with E-state index in [-0.39, 0.29) is 11.4 Å². The van der Waals surface area contributed by atoms with E-state index in [9.17, 15) is 9.90 Å². The van der Waals surface area contributed by atoms with E-state index in [2.05, 4.69) is 4.98 Å². The SMILES string of the molecule is Cc1ccccc1Cn1c(=O)[nH]c2ccc(O)cc21. The van der Waals surface area contributed by atoms with Crippen molar-refractivity contribution in [3.8, 4) is 5.75 Å². The highest BCUT2D eigenvalue weighted by Gasteiger charge is 2.08. The summed E-state index contributed by atoms with van der Waals surface area (Å²) in [5, 5.41) is 9.56. The third-order valence-corrected chi connectivity index (χ3v) is 3.35. The highest BCUT2D eigenvalue weighted by Crippen LogP contribution is 2.18. The molecule has 0 bridgehead atoms. The zero-order valence-electron chi connectivity index (χ0n) is 10.6. The number of aryl methyl sites for hydroxylation is 1. The first-order valence-corrected chi connectivity index (χ1v) is 6.11. The van der Waals surface area contributed by atoms with Crippen LogP contribution in [0.4, 0.5) is 0 Å². The number of phenolic OH excluding ortho intramolecular Hbond substituents is 1. The van der Waals surface area contributed by atoms with E-state index in [1.807, 2.05) is 31.2 Å². The number of rotatable bonds is 2. The summed E-state index contributed by atoms with van der Waals surface area (Å²) in [4.78, 5) is 14.8. The summed E-state index contributed by atoms with van der Waals surface area (Å²) >= 11 is 0. The Morgan fingerprint density at radius 2 is 2.00 bits per heavy atom. The monoisotopic (exact) mass is 254 g/mol. The van der Waals surface area contributed by atoms with Crippen LogP contribution in [-0.2, 0) is 6.54 Å². The molecule has 3 aromatic rings. The number of fused-ring (bicyclic) bond motifs is 1. The van der Waals surface area contributed by atoms with Crippen LogP contribution in [0, 0.1) is 6.92 Å². The van der Waals surface area contributed by atoms with E-state index in [1.54, 1.807) is 22.8 Å². The minimum atomic E-state index is -0.163. The Balaban J connectivity index is 2.15. The first-order chi connectivity index (χ1) is 9.15. The molecule has 4 heteroatoms. The van der Waals surface area contributed by atoms with Gasteiger partial charge < -0.3 is 10.1 Å². The Morgan fingerprint density at radius 3 is 2.79 bits per heavy atom. The van der Waals surface area contributed by atoms with E-state index in [1.165, 1.54) is 0 Å². The standard InChI is InChI=1S/C15H14N2O2/c1-10-4-2-3-5-11(10)9-17-14-8-12(18)6-7-13(14)16-15(17)19/h2-8,18H,9H2,1H3,(H,16,19). The van der Waals surface area contributed by atoms with Crippen molar-refractivity contribution in [3.05, 3.63) is 64.1 Å². The molecule has 3 rings (SSSR count). The van der Waals surface area contributed by atoms with Crippen molar-refractivity contribution in [1.29, 1.82) is 0 Å². The number of imidazole rings is 1. The Kier molecular flexibility index (Phi) is 2.63. The van der Waals surface area contributed by atoms with Gasteiger partial charge in [0.25, 0.3) is 0 Å². The van der Waals surface area contributed by atoms with Gasteiger partial charge >= 0.3 is 5.69 Å². The number of aromatic nitrogens is 2. The largest absolute Gasteiger partial charge is 0.508 e. The Bertz CT molecular complexity index is 799. The van der Waals surface area contributed by atoms with Crippen molar-refractivity contribution in [2.45, 2.75) is 13.5 Å². The second kappa shape index (κ2) is 4.31. The number of nitrogens with zero attached hydrogens (tertiary/aromatic N) is 1. The quantitative estimate of drug-likeness (QED) is 0.737. The maximum absolute atomic E-state index is 12.0. The van der Waals surface area contributed by atoms with Crippen LogP contribution in [-0.4, -0.2) is 14.7 Å². The Labute approximate surface area is 109 Å². The number of H-pyrrole nitrogens is 1. The average molecular weight is 254 g/mol. The van der Waals surface area contributed by atoms with Crippen LogP contribution in [0.1, 0.15) is 11.1 Å². The van der Waals surface area contributed by atoms with Crippen LogP contribution < -0.4 is 5.69 Å². The van der Waals surface area contributed by atoms with Gasteiger partial charge in [0.05, 0.1) is 17.6 Å². The molecule has 2 N–H and O–H groups in total. The number of phenols is 1. The number of hydrogen-bond acceptors (Lipinski definition) is 2. The van der Waals surface area contributed by atoms with Crippen molar-refractivity contribution in [3.63, 3.8) is 0 Å². The highest BCUT2D eigenvalue weighted by molar-refractivity contribution is 5.77. The molecule has 1 aromatic heterocycles. The molecule has 0 aliphatic carbocycles. The molecule has 2 aromatic carbocycles. The molecule has 0 saturated heterocycles. The fourth-order valence-electron chi connectivity index (χ4n) is 2.26. The minimum Gasteiger partial charge on any atom is -0.508 e. The lowest BCUT2D eigenvalue weighted by atomic mass is 10.1. The van der Waals surface area contributed by atoms with Crippen LogP contribution in [0.2, 0.25) is 0 Å². The number of hydrogen-bond donors (Lipinski definition) is 2. The molecular formula is C15H14N2O2. The molecule has 0 spiro atoms. The molecule has 0 unspecified atom stereocenters. The van der Waals surface area contributed by atoms with Gasteiger partial charge in [-0.15, -0.1) is 0 Å². The summed E-state index contributed by atoms with van der Waals surface area (Å²) in [5.41, 5.74) is 3.52. The first kappa shape index (κ1) is 11.6. The van der Waals surface area contributed by atoms with Gasteiger partial charge in [-0.25, -0.2) is 4.79 Å².